The summed E-state index contributed by atoms with van der Waals surface area (Å²) < 4.78 is 0. The zero-order chi connectivity index (χ0) is 6.15. The topological polar surface area (TPSA) is 52.0 Å². The van der Waals surface area contributed by atoms with Gasteiger partial charge in [0.15, 0.2) is 0 Å². The van der Waals surface area contributed by atoms with Crippen molar-refractivity contribution in [2.75, 3.05) is 0 Å². The molecule has 4 N–H and O–H groups in total. The van der Waals surface area contributed by atoms with Gasteiger partial charge in [0.25, 0.3) is 0 Å². The predicted molar refractivity (Wildman–Crippen MR) is 34.3 cm³/mol. The van der Waals surface area contributed by atoms with Gasteiger partial charge in [0, 0.05) is 12.1 Å². The molecule has 1 saturated carbocycles. The molecule has 0 radical (unpaired) electrons. The van der Waals surface area contributed by atoms with E-state index in [9.17, 15) is 0 Å². The lowest BCUT2D eigenvalue weighted by Gasteiger charge is -2.13. The molecule has 2 atom stereocenters. The largest absolute Gasteiger partial charge is 0.327 e. The van der Waals surface area contributed by atoms with E-state index in [0.29, 0.717) is 0 Å². The van der Waals surface area contributed by atoms with Crippen molar-refractivity contribution >= 4 is 0 Å². The Labute approximate surface area is 50.2 Å². The molecular weight excluding hydrogens is 100 g/mol. The average Bonchev–Trinajstić information content (AvgIpc) is 2.43. The van der Waals surface area contributed by atoms with Crippen molar-refractivity contribution in [2.24, 2.45) is 17.4 Å². The van der Waals surface area contributed by atoms with Gasteiger partial charge in [0.2, 0.25) is 0 Å². The lowest BCUT2D eigenvalue weighted by molar-refractivity contribution is 0.506. The Morgan fingerprint density at radius 3 is 2.00 bits per heavy atom. The fourth-order valence-electron chi connectivity index (χ4n) is 0.910. The van der Waals surface area contributed by atoms with Crippen molar-refractivity contribution in [2.45, 2.75) is 31.8 Å². The first-order valence-corrected chi connectivity index (χ1v) is 3.23. The molecule has 8 heavy (non-hydrogen) atoms. The Bertz CT molecular complexity index is 74.6. The van der Waals surface area contributed by atoms with Gasteiger partial charge in [-0.2, -0.15) is 0 Å². The van der Waals surface area contributed by atoms with Gasteiger partial charge in [-0.15, -0.1) is 0 Å². The Morgan fingerprint density at radius 1 is 1.38 bits per heavy atom. The van der Waals surface area contributed by atoms with Gasteiger partial charge in [0.1, 0.15) is 0 Å². The summed E-state index contributed by atoms with van der Waals surface area (Å²) in [7, 11) is 0. The van der Waals surface area contributed by atoms with Gasteiger partial charge < -0.3 is 11.5 Å². The molecule has 2 heteroatoms. The minimum atomic E-state index is 0.183. The lowest BCUT2D eigenvalue weighted by atomic mass is 10.1. The van der Waals surface area contributed by atoms with Crippen LogP contribution in [0.4, 0.5) is 0 Å². The van der Waals surface area contributed by atoms with Gasteiger partial charge >= 0.3 is 0 Å². The minimum absolute atomic E-state index is 0.183. The molecule has 0 aromatic carbocycles. The smallest absolute Gasteiger partial charge is 0.0218 e. The zero-order valence-electron chi connectivity index (χ0n) is 5.30. The van der Waals surface area contributed by atoms with E-state index in [4.69, 9.17) is 11.5 Å². The fourth-order valence-corrected chi connectivity index (χ4v) is 0.910. The highest BCUT2D eigenvalue weighted by atomic mass is 14.8. The third kappa shape index (κ3) is 1.20. The maximum absolute atomic E-state index is 5.70. The Kier molecular flexibility index (Phi) is 1.54. The van der Waals surface area contributed by atoms with Crippen LogP contribution in [-0.2, 0) is 0 Å². The maximum atomic E-state index is 5.70. The van der Waals surface area contributed by atoms with Crippen LogP contribution in [0.2, 0.25) is 0 Å². The zero-order valence-corrected chi connectivity index (χ0v) is 5.30. The molecule has 0 heterocycles. The normalized spacial score (nSPS) is 27.4. The number of hydrogen-bond acceptors (Lipinski definition) is 2. The van der Waals surface area contributed by atoms with Gasteiger partial charge in [-0.1, -0.05) is 0 Å². The highest BCUT2D eigenvalue weighted by Crippen LogP contribution is 2.32. The number of nitrogens with two attached hydrogens (primary N) is 2. The first-order chi connectivity index (χ1) is 3.72. The Hall–Kier alpha value is -0.0800. The summed E-state index contributed by atoms with van der Waals surface area (Å²) in [5.74, 6) is 0.745. The second kappa shape index (κ2) is 2.03. The molecule has 1 fully saturated rings. The summed E-state index contributed by atoms with van der Waals surface area (Å²) in [5.41, 5.74) is 11.2. The minimum Gasteiger partial charge on any atom is -0.327 e. The average molecular weight is 114 g/mol. The molecule has 0 amide bonds. The van der Waals surface area contributed by atoms with Crippen molar-refractivity contribution in [1.29, 1.82) is 0 Å². The third-order valence-electron chi connectivity index (χ3n) is 1.77. The molecule has 0 aromatic heterocycles. The van der Waals surface area contributed by atoms with Crippen LogP contribution in [0.3, 0.4) is 0 Å². The van der Waals surface area contributed by atoms with Crippen molar-refractivity contribution < 1.29 is 0 Å². The van der Waals surface area contributed by atoms with E-state index in [-0.39, 0.29) is 12.1 Å². The van der Waals surface area contributed by atoms with Crippen LogP contribution < -0.4 is 11.5 Å². The van der Waals surface area contributed by atoms with Gasteiger partial charge in [0.05, 0.1) is 0 Å². The van der Waals surface area contributed by atoms with Crippen LogP contribution in [0.1, 0.15) is 19.8 Å². The molecular formula is C6H14N2. The van der Waals surface area contributed by atoms with E-state index in [1.165, 1.54) is 12.8 Å². The van der Waals surface area contributed by atoms with Crippen molar-refractivity contribution in [1.82, 2.24) is 0 Å². The standard InChI is InChI=1S/C6H14N2/c1-4(7)6(8)5-2-3-5/h4-6H,2-3,7-8H2,1H3. The molecule has 1 aliphatic rings. The van der Waals surface area contributed by atoms with E-state index in [1.54, 1.807) is 0 Å². The molecule has 2 nitrogen and oxygen atoms in total. The van der Waals surface area contributed by atoms with E-state index in [0.717, 1.165) is 5.92 Å². The van der Waals surface area contributed by atoms with E-state index >= 15 is 0 Å². The fraction of sp³-hybridized carbons (Fsp3) is 1.00. The van der Waals surface area contributed by atoms with E-state index in [2.05, 4.69) is 0 Å². The first kappa shape index (κ1) is 6.05. The summed E-state index contributed by atoms with van der Waals surface area (Å²) >= 11 is 0. The molecule has 0 spiro atoms. The van der Waals surface area contributed by atoms with Crippen LogP contribution in [0, 0.1) is 5.92 Å². The molecule has 1 rings (SSSR count). The molecule has 2 unspecified atom stereocenters. The molecule has 0 bridgehead atoms. The summed E-state index contributed by atoms with van der Waals surface area (Å²) in [5, 5.41) is 0. The van der Waals surface area contributed by atoms with Crippen LogP contribution in [0.15, 0.2) is 0 Å². The van der Waals surface area contributed by atoms with Crippen molar-refractivity contribution in [3.8, 4) is 0 Å². The summed E-state index contributed by atoms with van der Waals surface area (Å²) in [4.78, 5) is 0. The summed E-state index contributed by atoms with van der Waals surface area (Å²) in [6.45, 7) is 1.98. The maximum Gasteiger partial charge on any atom is 0.0218 e. The van der Waals surface area contributed by atoms with Crippen LogP contribution >= 0.6 is 0 Å². The SMILES string of the molecule is CC(N)C(N)C1CC1. The summed E-state index contributed by atoms with van der Waals surface area (Å²) in [6, 6.07) is 0.442. The van der Waals surface area contributed by atoms with Gasteiger partial charge in [-0.05, 0) is 25.7 Å². The van der Waals surface area contributed by atoms with Crippen molar-refractivity contribution in [3.63, 3.8) is 0 Å². The molecule has 48 valence electrons. The first-order valence-electron chi connectivity index (χ1n) is 3.23. The van der Waals surface area contributed by atoms with Crippen LogP contribution in [-0.4, -0.2) is 12.1 Å². The van der Waals surface area contributed by atoms with Gasteiger partial charge in [-0.3, -0.25) is 0 Å². The van der Waals surface area contributed by atoms with E-state index < -0.39 is 0 Å². The van der Waals surface area contributed by atoms with Crippen molar-refractivity contribution in [3.05, 3.63) is 0 Å². The number of hydrogen-bond donors (Lipinski definition) is 2. The third-order valence-corrected chi connectivity index (χ3v) is 1.77. The highest BCUT2D eigenvalue weighted by Gasteiger charge is 2.30. The second-order valence-electron chi connectivity index (χ2n) is 2.77. The quantitative estimate of drug-likeness (QED) is 0.534. The monoisotopic (exact) mass is 114 g/mol. The lowest BCUT2D eigenvalue weighted by Crippen LogP contribution is -2.40. The second-order valence-corrected chi connectivity index (χ2v) is 2.77. The Morgan fingerprint density at radius 2 is 1.88 bits per heavy atom. The summed E-state index contributed by atoms with van der Waals surface area (Å²) in [6.07, 6.45) is 2.59. The van der Waals surface area contributed by atoms with Crippen LogP contribution in [0.25, 0.3) is 0 Å². The highest BCUT2D eigenvalue weighted by molar-refractivity contribution is 4.88. The van der Waals surface area contributed by atoms with Crippen LogP contribution in [0.5, 0.6) is 0 Å². The molecule has 0 aromatic rings. The van der Waals surface area contributed by atoms with E-state index in [1.807, 2.05) is 6.92 Å². The predicted octanol–water partition coefficient (Wildman–Crippen LogP) is 0.0709. The molecule has 1 aliphatic carbocycles. The van der Waals surface area contributed by atoms with Gasteiger partial charge in [-0.25, -0.2) is 0 Å². The number of rotatable bonds is 2. The Balaban J connectivity index is 2.22. The molecule has 0 saturated heterocycles. The molecule has 0 aliphatic heterocycles.